The van der Waals surface area contributed by atoms with Crippen molar-refractivity contribution in [1.82, 2.24) is 10.6 Å². The lowest BCUT2D eigenvalue weighted by Gasteiger charge is -2.14. The number of guanidine groups is 1. The number of carbonyl (C=O) groups is 1. The third kappa shape index (κ3) is 5.51. The number of ether oxygens (including phenoxy) is 3. The van der Waals surface area contributed by atoms with E-state index in [0.717, 1.165) is 17.1 Å². The van der Waals surface area contributed by atoms with E-state index < -0.39 is 0 Å². The molecule has 0 radical (unpaired) electrons. The summed E-state index contributed by atoms with van der Waals surface area (Å²) in [5.74, 6) is 1.81. The molecule has 0 fully saturated rings. The molecule has 1 aromatic carbocycles. The summed E-state index contributed by atoms with van der Waals surface area (Å²) in [6.45, 7) is 0.983. The maximum Gasteiger partial charge on any atom is 0.307 e. The van der Waals surface area contributed by atoms with Crippen molar-refractivity contribution in [2.24, 2.45) is 4.99 Å². The van der Waals surface area contributed by atoms with Gasteiger partial charge in [-0.3, -0.25) is 9.79 Å². The van der Waals surface area contributed by atoms with Gasteiger partial charge in [0.2, 0.25) is 0 Å². The predicted octanol–water partition coefficient (Wildman–Crippen LogP) is 0.932. The summed E-state index contributed by atoms with van der Waals surface area (Å²) in [5.41, 5.74) is 0.971. The van der Waals surface area contributed by atoms with Crippen LogP contribution < -0.4 is 20.1 Å². The molecule has 0 saturated carbocycles. The molecule has 0 aliphatic rings. The predicted molar refractivity (Wildman–Crippen MR) is 84.4 cm³/mol. The average Bonchev–Trinajstić information content (AvgIpc) is 2.57. The molecule has 0 bridgehead atoms. The van der Waals surface area contributed by atoms with Gasteiger partial charge in [0.1, 0.15) is 11.5 Å². The fourth-order valence-electron chi connectivity index (χ4n) is 1.78. The second-order valence-electron chi connectivity index (χ2n) is 4.36. The summed E-state index contributed by atoms with van der Waals surface area (Å²) < 4.78 is 15.1. The van der Waals surface area contributed by atoms with E-state index in [1.807, 2.05) is 18.2 Å². The first-order valence-electron chi connectivity index (χ1n) is 6.86. The third-order valence-electron chi connectivity index (χ3n) is 3.01. The molecule has 7 nitrogen and oxygen atoms in total. The van der Waals surface area contributed by atoms with Gasteiger partial charge in [-0.15, -0.1) is 0 Å². The van der Waals surface area contributed by atoms with Crippen molar-refractivity contribution in [3.63, 3.8) is 0 Å². The Labute approximate surface area is 130 Å². The lowest BCUT2D eigenvalue weighted by Crippen LogP contribution is -2.38. The highest BCUT2D eigenvalue weighted by molar-refractivity contribution is 5.80. The Balaban J connectivity index is 2.54. The first kappa shape index (κ1) is 17.6. The van der Waals surface area contributed by atoms with Crippen LogP contribution in [-0.2, 0) is 16.1 Å². The van der Waals surface area contributed by atoms with Gasteiger partial charge in [0.15, 0.2) is 5.96 Å². The van der Waals surface area contributed by atoms with Crippen molar-refractivity contribution in [1.29, 1.82) is 0 Å². The minimum atomic E-state index is -0.264. The zero-order valence-electron chi connectivity index (χ0n) is 13.4. The molecule has 0 amide bonds. The molecule has 2 N–H and O–H groups in total. The third-order valence-corrected chi connectivity index (χ3v) is 3.01. The SMILES string of the molecule is CN=C(NCCC(=O)OC)NCc1ccc(OC)cc1OC. The van der Waals surface area contributed by atoms with Crippen molar-refractivity contribution in [2.75, 3.05) is 34.9 Å². The summed E-state index contributed by atoms with van der Waals surface area (Å²) >= 11 is 0. The van der Waals surface area contributed by atoms with Crippen LogP contribution in [0.4, 0.5) is 0 Å². The molecule has 122 valence electrons. The van der Waals surface area contributed by atoms with Crippen molar-refractivity contribution >= 4 is 11.9 Å². The van der Waals surface area contributed by atoms with Gasteiger partial charge < -0.3 is 24.8 Å². The molecular formula is C15H23N3O4. The van der Waals surface area contributed by atoms with Crippen LogP contribution in [0.2, 0.25) is 0 Å². The highest BCUT2D eigenvalue weighted by Gasteiger charge is 2.06. The van der Waals surface area contributed by atoms with Gasteiger partial charge in [-0.2, -0.15) is 0 Å². The maximum atomic E-state index is 11.1. The molecule has 0 atom stereocenters. The largest absolute Gasteiger partial charge is 0.497 e. The zero-order valence-corrected chi connectivity index (χ0v) is 13.4. The van der Waals surface area contributed by atoms with Gasteiger partial charge in [0, 0.05) is 31.8 Å². The number of hydrogen-bond donors (Lipinski definition) is 2. The zero-order chi connectivity index (χ0) is 16.4. The lowest BCUT2D eigenvalue weighted by atomic mass is 10.2. The van der Waals surface area contributed by atoms with E-state index in [0.29, 0.717) is 19.0 Å². The van der Waals surface area contributed by atoms with Crippen LogP contribution in [0.1, 0.15) is 12.0 Å². The Morgan fingerprint density at radius 2 is 1.95 bits per heavy atom. The van der Waals surface area contributed by atoms with E-state index in [4.69, 9.17) is 9.47 Å². The summed E-state index contributed by atoms with van der Waals surface area (Å²) in [6, 6.07) is 5.61. The van der Waals surface area contributed by atoms with Crippen LogP contribution in [0, 0.1) is 0 Å². The van der Waals surface area contributed by atoms with Crippen molar-refractivity contribution < 1.29 is 19.0 Å². The molecule has 0 aromatic heterocycles. The van der Waals surface area contributed by atoms with Crippen molar-refractivity contribution in [2.45, 2.75) is 13.0 Å². The highest BCUT2D eigenvalue weighted by Crippen LogP contribution is 2.24. The summed E-state index contributed by atoms with van der Waals surface area (Å²) in [4.78, 5) is 15.1. The fourth-order valence-corrected chi connectivity index (χ4v) is 1.78. The van der Waals surface area contributed by atoms with Gasteiger partial charge in [0.05, 0.1) is 27.8 Å². The second kappa shape index (κ2) is 9.49. The molecule has 0 aliphatic carbocycles. The van der Waals surface area contributed by atoms with Crippen LogP contribution in [-0.4, -0.2) is 46.9 Å². The van der Waals surface area contributed by atoms with Gasteiger partial charge in [-0.05, 0) is 12.1 Å². The quantitative estimate of drug-likeness (QED) is 0.443. The topological polar surface area (TPSA) is 81.2 Å². The Bertz CT molecular complexity index is 518. The normalized spacial score (nSPS) is 10.8. The molecule has 1 rings (SSSR count). The van der Waals surface area contributed by atoms with Gasteiger partial charge in [-0.25, -0.2) is 0 Å². The molecule has 0 unspecified atom stereocenters. The molecule has 0 aliphatic heterocycles. The minimum Gasteiger partial charge on any atom is -0.497 e. The van der Waals surface area contributed by atoms with Crippen molar-refractivity contribution in [3.05, 3.63) is 23.8 Å². The molecule has 7 heteroatoms. The molecular weight excluding hydrogens is 286 g/mol. The summed E-state index contributed by atoms with van der Waals surface area (Å²) in [5, 5.41) is 6.19. The monoisotopic (exact) mass is 309 g/mol. The van der Waals surface area contributed by atoms with E-state index in [9.17, 15) is 4.79 Å². The standard InChI is InChI=1S/C15H23N3O4/c1-16-15(17-8-7-14(19)22-4)18-10-11-5-6-12(20-2)9-13(11)21-3/h5-6,9H,7-8,10H2,1-4H3,(H2,16,17,18). The Morgan fingerprint density at radius 3 is 2.55 bits per heavy atom. The smallest absolute Gasteiger partial charge is 0.307 e. The average molecular weight is 309 g/mol. The number of nitrogens with zero attached hydrogens (tertiary/aromatic N) is 1. The number of carbonyl (C=O) groups excluding carboxylic acids is 1. The Morgan fingerprint density at radius 1 is 1.18 bits per heavy atom. The van der Waals surface area contributed by atoms with E-state index in [-0.39, 0.29) is 12.4 Å². The fraction of sp³-hybridized carbons (Fsp3) is 0.467. The van der Waals surface area contributed by atoms with E-state index >= 15 is 0 Å². The van der Waals surface area contributed by atoms with E-state index in [1.54, 1.807) is 21.3 Å². The van der Waals surface area contributed by atoms with Crippen LogP contribution in [0.25, 0.3) is 0 Å². The van der Waals surface area contributed by atoms with E-state index in [1.165, 1.54) is 7.11 Å². The Hall–Kier alpha value is -2.44. The molecule has 0 spiro atoms. The van der Waals surface area contributed by atoms with E-state index in [2.05, 4.69) is 20.4 Å². The van der Waals surface area contributed by atoms with Crippen LogP contribution in [0.15, 0.2) is 23.2 Å². The second-order valence-corrected chi connectivity index (χ2v) is 4.36. The number of esters is 1. The Kier molecular flexibility index (Phi) is 7.60. The number of rotatable bonds is 7. The first-order chi connectivity index (χ1) is 10.6. The number of nitrogens with one attached hydrogen (secondary N) is 2. The van der Waals surface area contributed by atoms with Crippen LogP contribution in [0.5, 0.6) is 11.5 Å². The van der Waals surface area contributed by atoms with Gasteiger partial charge >= 0.3 is 5.97 Å². The van der Waals surface area contributed by atoms with Gasteiger partial charge in [-0.1, -0.05) is 0 Å². The van der Waals surface area contributed by atoms with Crippen LogP contribution >= 0.6 is 0 Å². The lowest BCUT2D eigenvalue weighted by molar-refractivity contribution is -0.140. The van der Waals surface area contributed by atoms with Crippen molar-refractivity contribution in [3.8, 4) is 11.5 Å². The number of methoxy groups -OCH3 is 3. The summed E-state index contributed by atoms with van der Waals surface area (Å²) in [6.07, 6.45) is 0.281. The molecule has 1 aromatic rings. The van der Waals surface area contributed by atoms with Crippen LogP contribution in [0.3, 0.4) is 0 Å². The number of benzene rings is 1. The summed E-state index contributed by atoms with van der Waals surface area (Å²) in [7, 11) is 6.26. The van der Waals surface area contributed by atoms with Gasteiger partial charge in [0.25, 0.3) is 0 Å². The molecule has 22 heavy (non-hydrogen) atoms. The molecule has 0 heterocycles. The maximum absolute atomic E-state index is 11.1. The number of aliphatic imine (C=N–C) groups is 1. The first-order valence-corrected chi connectivity index (χ1v) is 6.86. The minimum absolute atomic E-state index is 0.264. The highest BCUT2D eigenvalue weighted by atomic mass is 16.5. The molecule has 0 saturated heterocycles. The number of hydrogen-bond acceptors (Lipinski definition) is 5.